The predicted octanol–water partition coefficient (Wildman–Crippen LogP) is 1.86. The summed E-state index contributed by atoms with van der Waals surface area (Å²) >= 11 is 0. The molecule has 1 amide bonds. The molecular formula is C15H19NO4. The maximum Gasteiger partial charge on any atom is 0.307 e. The quantitative estimate of drug-likeness (QED) is 0.784. The lowest BCUT2D eigenvalue weighted by molar-refractivity contribution is -0.145. The van der Waals surface area contributed by atoms with Gasteiger partial charge in [0, 0.05) is 11.3 Å². The van der Waals surface area contributed by atoms with Crippen LogP contribution in [0.5, 0.6) is 0 Å². The third-order valence-corrected chi connectivity index (χ3v) is 3.90. The van der Waals surface area contributed by atoms with E-state index in [1.165, 1.54) is 0 Å². The Kier molecular flexibility index (Phi) is 4.39. The van der Waals surface area contributed by atoms with E-state index in [-0.39, 0.29) is 18.4 Å². The topological polar surface area (TPSA) is 86.6 Å². The van der Waals surface area contributed by atoms with E-state index < -0.39 is 17.8 Å². The minimum atomic E-state index is -0.912. The van der Waals surface area contributed by atoms with Gasteiger partial charge < -0.3 is 15.5 Å². The number of carboxylic acids is 1. The van der Waals surface area contributed by atoms with E-state index in [2.05, 4.69) is 5.32 Å². The largest absolute Gasteiger partial charge is 0.481 e. The van der Waals surface area contributed by atoms with Crippen molar-refractivity contribution in [3.8, 4) is 0 Å². The molecule has 0 saturated heterocycles. The molecule has 3 N–H and O–H groups in total. The average Bonchev–Trinajstić information content (AvgIpc) is 2.82. The highest BCUT2D eigenvalue weighted by Gasteiger charge is 2.41. The van der Waals surface area contributed by atoms with Gasteiger partial charge in [0.2, 0.25) is 5.91 Å². The maximum absolute atomic E-state index is 12.3. The molecule has 0 bridgehead atoms. The zero-order valence-electron chi connectivity index (χ0n) is 11.4. The summed E-state index contributed by atoms with van der Waals surface area (Å²) in [5.41, 5.74) is 1.17. The summed E-state index contributed by atoms with van der Waals surface area (Å²) in [6.45, 7) is 1.80. The van der Waals surface area contributed by atoms with Crippen molar-refractivity contribution >= 4 is 17.6 Å². The molecule has 0 aliphatic heterocycles. The standard InChI is InChI=1S/C15H19NO4/c1-9-6-11(12(7-9)15(19)20)14(18)16-13-5-3-2-4-10(13)8-17/h2-5,9,11-12,17H,6-8H2,1H3,(H,16,18)(H,19,20). The Balaban J connectivity index is 2.13. The van der Waals surface area contributed by atoms with Crippen molar-refractivity contribution in [3.05, 3.63) is 29.8 Å². The Labute approximate surface area is 117 Å². The molecule has 0 spiro atoms. The van der Waals surface area contributed by atoms with Crippen molar-refractivity contribution < 1.29 is 19.8 Å². The number of carbonyl (C=O) groups excluding carboxylic acids is 1. The van der Waals surface area contributed by atoms with Crippen LogP contribution in [0.15, 0.2) is 24.3 Å². The Morgan fingerprint density at radius 2 is 1.90 bits per heavy atom. The highest BCUT2D eigenvalue weighted by Crippen LogP contribution is 2.37. The minimum absolute atomic E-state index is 0.167. The number of amides is 1. The number of carbonyl (C=O) groups is 2. The number of rotatable bonds is 4. The number of anilines is 1. The molecule has 3 atom stereocenters. The fourth-order valence-corrected chi connectivity index (χ4v) is 2.86. The molecule has 20 heavy (non-hydrogen) atoms. The number of aliphatic carboxylic acids is 1. The summed E-state index contributed by atoms with van der Waals surface area (Å²) in [5.74, 6) is -2.08. The first-order valence-corrected chi connectivity index (χ1v) is 6.75. The van der Waals surface area contributed by atoms with Gasteiger partial charge in [-0.15, -0.1) is 0 Å². The van der Waals surface area contributed by atoms with Crippen molar-refractivity contribution in [1.82, 2.24) is 0 Å². The van der Waals surface area contributed by atoms with Gasteiger partial charge >= 0.3 is 5.97 Å². The summed E-state index contributed by atoms with van der Waals surface area (Å²) < 4.78 is 0. The van der Waals surface area contributed by atoms with Crippen LogP contribution in [0.4, 0.5) is 5.69 Å². The van der Waals surface area contributed by atoms with Crippen LogP contribution in [-0.2, 0) is 16.2 Å². The summed E-state index contributed by atoms with van der Waals surface area (Å²) in [4.78, 5) is 23.5. The second kappa shape index (κ2) is 6.05. The van der Waals surface area contributed by atoms with Gasteiger partial charge in [-0.1, -0.05) is 25.1 Å². The molecule has 0 heterocycles. The first kappa shape index (κ1) is 14.5. The average molecular weight is 277 g/mol. The first-order chi connectivity index (χ1) is 9.52. The van der Waals surface area contributed by atoms with Crippen molar-refractivity contribution in [2.45, 2.75) is 26.4 Å². The molecule has 3 unspecified atom stereocenters. The van der Waals surface area contributed by atoms with E-state index in [0.29, 0.717) is 24.1 Å². The van der Waals surface area contributed by atoms with Gasteiger partial charge in [-0.2, -0.15) is 0 Å². The number of hydrogen-bond donors (Lipinski definition) is 3. The van der Waals surface area contributed by atoms with Crippen molar-refractivity contribution in [2.24, 2.45) is 17.8 Å². The molecule has 1 aromatic rings. The summed E-state index contributed by atoms with van der Waals surface area (Å²) in [5, 5.41) is 21.2. The van der Waals surface area contributed by atoms with Gasteiger partial charge in [0.25, 0.3) is 0 Å². The molecule has 1 fully saturated rings. The highest BCUT2D eigenvalue weighted by molar-refractivity contribution is 5.96. The van der Waals surface area contributed by atoms with Crippen LogP contribution in [0.3, 0.4) is 0 Å². The second-order valence-corrected chi connectivity index (χ2v) is 5.43. The van der Waals surface area contributed by atoms with E-state index in [1.54, 1.807) is 24.3 Å². The smallest absolute Gasteiger partial charge is 0.307 e. The molecule has 1 saturated carbocycles. The molecule has 1 aliphatic rings. The third-order valence-electron chi connectivity index (χ3n) is 3.90. The van der Waals surface area contributed by atoms with E-state index in [9.17, 15) is 19.8 Å². The monoisotopic (exact) mass is 277 g/mol. The van der Waals surface area contributed by atoms with Gasteiger partial charge in [0.1, 0.15) is 0 Å². The van der Waals surface area contributed by atoms with E-state index in [0.717, 1.165) is 0 Å². The van der Waals surface area contributed by atoms with Gasteiger partial charge in [-0.25, -0.2) is 0 Å². The Morgan fingerprint density at radius 3 is 2.55 bits per heavy atom. The molecule has 0 aromatic heterocycles. The SMILES string of the molecule is CC1CC(C(=O)O)C(C(=O)Nc2ccccc2CO)C1. The molecule has 108 valence electrons. The van der Waals surface area contributed by atoms with Gasteiger partial charge in [0.15, 0.2) is 0 Å². The van der Waals surface area contributed by atoms with Crippen molar-refractivity contribution in [1.29, 1.82) is 0 Å². The first-order valence-electron chi connectivity index (χ1n) is 6.75. The van der Waals surface area contributed by atoms with Crippen molar-refractivity contribution in [2.75, 3.05) is 5.32 Å². The number of benzene rings is 1. The summed E-state index contributed by atoms with van der Waals surface area (Å²) in [6.07, 6.45) is 1.12. The van der Waals surface area contributed by atoms with E-state index in [4.69, 9.17) is 0 Å². The van der Waals surface area contributed by atoms with Crippen LogP contribution in [-0.4, -0.2) is 22.1 Å². The summed E-state index contributed by atoms with van der Waals surface area (Å²) in [7, 11) is 0. The fourth-order valence-electron chi connectivity index (χ4n) is 2.86. The normalized spacial score (nSPS) is 25.4. The van der Waals surface area contributed by atoms with Crippen LogP contribution >= 0.6 is 0 Å². The zero-order valence-corrected chi connectivity index (χ0v) is 11.4. The number of hydrogen-bond acceptors (Lipinski definition) is 3. The Morgan fingerprint density at radius 1 is 1.25 bits per heavy atom. The predicted molar refractivity (Wildman–Crippen MR) is 74.0 cm³/mol. The molecule has 1 aromatic carbocycles. The number of aliphatic hydroxyl groups excluding tert-OH is 1. The molecule has 5 heteroatoms. The third kappa shape index (κ3) is 2.99. The van der Waals surface area contributed by atoms with Crippen LogP contribution in [0.1, 0.15) is 25.3 Å². The van der Waals surface area contributed by atoms with Crippen molar-refractivity contribution in [3.63, 3.8) is 0 Å². The maximum atomic E-state index is 12.3. The molecule has 0 radical (unpaired) electrons. The van der Waals surface area contributed by atoms with Crippen LogP contribution < -0.4 is 5.32 Å². The van der Waals surface area contributed by atoms with Gasteiger partial charge in [-0.3, -0.25) is 9.59 Å². The van der Waals surface area contributed by atoms with E-state index in [1.807, 2.05) is 6.92 Å². The molecule has 5 nitrogen and oxygen atoms in total. The van der Waals surface area contributed by atoms with Gasteiger partial charge in [-0.05, 0) is 24.8 Å². The zero-order chi connectivity index (χ0) is 14.7. The molecule has 2 rings (SSSR count). The lowest BCUT2D eigenvalue weighted by Crippen LogP contribution is -2.30. The molecular weight excluding hydrogens is 258 g/mol. The number of para-hydroxylation sites is 1. The lowest BCUT2D eigenvalue weighted by Gasteiger charge is -2.16. The second-order valence-electron chi connectivity index (χ2n) is 5.43. The molecule has 1 aliphatic carbocycles. The van der Waals surface area contributed by atoms with Crippen LogP contribution in [0, 0.1) is 17.8 Å². The van der Waals surface area contributed by atoms with Gasteiger partial charge in [0.05, 0.1) is 18.4 Å². The van der Waals surface area contributed by atoms with Crippen LogP contribution in [0.25, 0.3) is 0 Å². The number of carboxylic acid groups (broad SMARTS) is 1. The Bertz CT molecular complexity index is 514. The summed E-state index contributed by atoms with van der Waals surface area (Å²) in [6, 6.07) is 6.97. The lowest BCUT2D eigenvalue weighted by atomic mass is 9.95. The fraction of sp³-hybridized carbons (Fsp3) is 0.467. The Hall–Kier alpha value is -1.88. The number of nitrogens with one attached hydrogen (secondary N) is 1. The number of aliphatic hydroxyl groups is 1. The highest BCUT2D eigenvalue weighted by atomic mass is 16.4. The van der Waals surface area contributed by atoms with E-state index >= 15 is 0 Å². The minimum Gasteiger partial charge on any atom is -0.481 e. The van der Waals surface area contributed by atoms with Crippen LogP contribution in [0.2, 0.25) is 0 Å².